The standard InChI is InChI=1S/C20H26N4O2/c1-26-12-7-22-20(25)18-13-19(15-21-14-18)24-10-8-23(9-11-24)16-17-5-3-2-4-6-17/h2-6,13-15H,7-12,16H2,1H3,(H,22,25). The SMILES string of the molecule is COCCNC(=O)c1cncc(N2CCN(Cc3ccccc3)CC2)c1. The minimum Gasteiger partial charge on any atom is -0.383 e. The number of pyridine rings is 1. The van der Waals surface area contributed by atoms with Gasteiger partial charge in [0.1, 0.15) is 0 Å². The number of carbonyl (C=O) groups excluding carboxylic acids is 1. The largest absolute Gasteiger partial charge is 0.383 e. The van der Waals surface area contributed by atoms with Crippen molar-refractivity contribution in [2.75, 3.05) is 51.3 Å². The highest BCUT2D eigenvalue weighted by Gasteiger charge is 2.18. The van der Waals surface area contributed by atoms with Crippen molar-refractivity contribution in [2.24, 2.45) is 0 Å². The molecular formula is C20H26N4O2. The Hall–Kier alpha value is -2.44. The third kappa shape index (κ3) is 5.03. The van der Waals surface area contributed by atoms with Crippen molar-refractivity contribution in [3.63, 3.8) is 0 Å². The van der Waals surface area contributed by atoms with E-state index in [1.165, 1.54) is 5.56 Å². The Morgan fingerprint density at radius 2 is 1.92 bits per heavy atom. The smallest absolute Gasteiger partial charge is 0.253 e. The van der Waals surface area contributed by atoms with E-state index < -0.39 is 0 Å². The van der Waals surface area contributed by atoms with Crippen LogP contribution in [0.25, 0.3) is 0 Å². The first kappa shape index (κ1) is 18.4. The molecule has 138 valence electrons. The van der Waals surface area contributed by atoms with Crippen molar-refractivity contribution < 1.29 is 9.53 Å². The summed E-state index contributed by atoms with van der Waals surface area (Å²) in [4.78, 5) is 21.2. The number of nitrogens with zero attached hydrogens (tertiary/aromatic N) is 3. The van der Waals surface area contributed by atoms with Gasteiger partial charge >= 0.3 is 0 Å². The molecule has 1 aromatic heterocycles. The minimum atomic E-state index is -0.112. The van der Waals surface area contributed by atoms with Crippen molar-refractivity contribution in [1.82, 2.24) is 15.2 Å². The van der Waals surface area contributed by atoms with E-state index in [-0.39, 0.29) is 5.91 Å². The van der Waals surface area contributed by atoms with Gasteiger partial charge in [0.15, 0.2) is 0 Å². The molecule has 26 heavy (non-hydrogen) atoms. The molecule has 0 atom stereocenters. The minimum absolute atomic E-state index is 0.112. The Balaban J connectivity index is 1.54. The van der Waals surface area contributed by atoms with Gasteiger partial charge in [0.05, 0.1) is 24.1 Å². The van der Waals surface area contributed by atoms with Gasteiger partial charge < -0.3 is 15.0 Å². The van der Waals surface area contributed by atoms with Crippen LogP contribution in [0.5, 0.6) is 0 Å². The number of nitrogens with one attached hydrogen (secondary N) is 1. The molecular weight excluding hydrogens is 328 g/mol. The predicted octanol–water partition coefficient (Wildman–Crippen LogP) is 1.78. The van der Waals surface area contributed by atoms with Crippen LogP contribution in [-0.2, 0) is 11.3 Å². The van der Waals surface area contributed by atoms with E-state index in [0.717, 1.165) is 38.4 Å². The van der Waals surface area contributed by atoms with Crippen LogP contribution in [0.4, 0.5) is 5.69 Å². The van der Waals surface area contributed by atoms with Crippen LogP contribution in [0.2, 0.25) is 0 Å². The normalized spacial score (nSPS) is 15.0. The first-order valence-corrected chi connectivity index (χ1v) is 8.99. The van der Waals surface area contributed by atoms with Crippen LogP contribution in [-0.4, -0.2) is 62.2 Å². The summed E-state index contributed by atoms with van der Waals surface area (Å²) in [5, 5.41) is 2.83. The van der Waals surface area contributed by atoms with Crippen LogP contribution < -0.4 is 10.2 Å². The van der Waals surface area contributed by atoms with Crippen molar-refractivity contribution in [3.05, 3.63) is 59.9 Å². The highest BCUT2D eigenvalue weighted by Crippen LogP contribution is 2.18. The summed E-state index contributed by atoms with van der Waals surface area (Å²) in [6, 6.07) is 12.5. The number of rotatable bonds is 7. The van der Waals surface area contributed by atoms with Gasteiger partial charge in [-0.15, -0.1) is 0 Å². The average Bonchev–Trinajstić information content (AvgIpc) is 2.69. The summed E-state index contributed by atoms with van der Waals surface area (Å²) >= 11 is 0. The fraction of sp³-hybridized carbons (Fsp3) is 0.400. The number of carbonyl (C=O) groups is 1. The second kappa shape index (κ2) is 9.31. The number of ether oxygens (including phenoxy) is 1. The number of methoxy groups -OCH3 is 1. The predicted molar refractivity (Wildman–Crippen MR) is 102 cm³/mol. The van der Waals surface area contributed by atoms with E-state index in [0.29, 0.717) is 18.7 Å². The lowest BCUT2D eigenvalue weighted by molar-refractivity contribution is 0.0936. The Bertz CT molecular complexity index is 700. The molecule has 6 heteroatoms. The molecule has 0 aliphatic carbocycles. The molecule has 1 amide bonds. The molecule has 1 fully saturated rings. The summed E-state index contributed by atoms with van der Waals surface area (Å²) in [6.45, 7) is 5.85. The Morgan fingerprint density at radius 3 is 2.65 bits per heavy atom. The Kier molecular flexibility index (Phi) is 6.57. The zero-order valence-corrected chi connectivity index (χ0v) is 15.2. The van der Waals surface area contributed by atoms with Crippen molar-refractivity contribution >= 4 is 11.6 Å². The number of hydrogen-bond donors (Lipinski definition) is 1. The number of hydrogen-bond acceptors (Lipinski definition) is 5. The molecule has 1 aromatic carbocycles. The van der Waals surface area contributed by atoms with Crippen molar-refractivity contribution in [2.45, 2.75) is 6.54 Å². The molecule has 2 aromatic rings. The molecule has 1 aliphatic rings. The van der Waals surface area contributed by atoms with Crippen LogP contribution in [0, 0.1) is 0 Å². The van der Waals surface area contributed by atoms with E-state index in [4.69, 9.17) is 4.74 Å². The Labute approximate surface area is 154 Å². The summed E-state index contributed by atoms with van der Waals surface area (Å²) in [7, 11) is 1.62. The second-order valence-electron chi connectivity index (χ2n) is 6.43. The number of aromatic nitrogens is 1. The van der Waals surface area contributed by atoms with Gasteiger partial charge in [-0.3, -0.25) is 14.7 Å². The lowest BCUT2D eigenvalue weighted by Crippen LogP contribution is -2.46. The van der Waals surface area contributed by atoms with Crippen LogP contribution in [0.15, 0.2) is 48.8 Å². The summed E-state index contributed by atoms with van der Waals surface area (Å²) in [6.07, 6.45) is 3.44. The molecule has 0 radical (unpaired) electrons. The van der Waals surface area contributed by atoms with Crippen molar-refractivity contribution in [1.29, 1.82) is 0 Å². The molecule has 1 N–H and O–H groups in total. The number of piperazine rings is 1. The van der Waals surface area contributed by atoms with Gasteiger partial charge in [-0.25, -0.2) is 0 Å². The third-order valence-corrected chi connectivity index (χ3v) is 4.56. The summed E-state index contributed by atoms with van der Waals surface area (Å²) < 4.78 is 4.96. The molecule has 2 heterocycles. The maximum Gasteiger partial charge on any atom is 0.253 e. The quantitative estimate of drug-likeness (QED) is 0.768. The zero-order chi connectivity index (χ0) is 18.2. The molecule has 1 aliphatic heterocycles. The molecule has 3 rings (SSSR count). The molecule has 0 unspecified atom stereocenters. The molecule has 6 nitrogen and oxygen atoms in total. The molecule has 1 saturated heterocycles. The Morgan fingerprint density at radius 1 is 1.15 bits per heavy atom. The fourth-order valence-corrected chi connectivity index (χ4v) is 3.10. The highest BCUT2D eigenvalue weighted by molar-refractivity contribution is 5.94. The van der Waals surface area contributed by atoms with Gasteiger partial charge in [-0.05, 0) is 11.6 Å². The fourth-order valence-electron chi connectivity index (χ4n) is 3.10. The zero-order valence-electron chi connectivity index (χ0n) is 15.2. The van der Waals surface area contributed by atoms with E-state index in [9.17, 15) is 4.79 Å². The summed E-state index contributed by atoms with van der Waals surface area (Å²) in [5.74, 6) is -0.112. The van der Waals surface area contributed by atoms with Gasteiger partial charge in [0.25, 0.3) is 5.91 Å². The van der Waals surface area contributed by atoms with E-state index >= 15 is 0 Å². The van der Waals surface area contributed by atoms with E-state index in [2.05, 4.69) is 44.4 Å². The first-order valence-electron chi connectivity index (χ1n) is 8.99. The van der Waals surface area contributed by atoms with Gasteiger partial charge in [-0.1, -0.05) is 30.3 Å². The van der Waals surface area contributed by atoms with Crippen molar-refractivity contribution in [3.8, 4) is 0 Å². The van der Waals surface area contributed by atoms with E-state index in [1.807, 2.05) is 18.3 Å². The lowest BCUT2D eigenvalue weighted by Gasteiger charge is -2.36. The third-order valence-electron chi connectivity index (χ3n) is 4.56. The number of anilines is 1. The monoisotopic (exact) mass is 354 g/mol. The maximum atomic E-state index is 12.2. The van der Waals surface area contributed by atoms with Gasteiger partial charge in [0, 0.05) is 52.6 Å². The van der Waals surface area contributed by atoms with Gasteiger partial charge in [-0.2, -0.15) is 0 Å². The molecule has 0 spiro atoms. The molecule has 0 saturated carbocycles. The topological polar surface area (TPSA) is 57.7 Å². The highest BCUT2D eigenvalue weighted by atomic mass is 16.5. The van der Waals surface area contributed by atoms with Crippen LogP contribution >= 0.6 is 0 Å². The van der Waals surface area contributed by atoms with Crippen LogP contribution in [0.3, 0.4) is 0 Å². The van der Waals surface area contributed by atoms with E-state index in [1.54, 1.807) is 13.3 Å². The van der Waals surface area contributed by atoms with Crippen LogP contribution in [0.1, 0.15) is 15.9 Å². The number of amides is 1. The first-order chi connectivity index (χ1) is 12.8. The summed E-state index contributed by atoms with van der Waals surface area (Å²) in [5.41, 5.74) is 2.94. The van der Waals surface area contributed by atoms with Gasteiger partial charge in [0.2, 0.25) is 0 Å². The number of benzene rings is 1. The maximum absolute atomic E-state index is 12.2. The lowest BCUT2D eigenvalue weighted by atomic mass is 10.2. The molecule has 0 bridgehead atoms. The average molecular weight is 354 g/mol. The second-order valence-corrected chi connectivity index (χ2v) is 6.43.